The average Bonchev–Trinajstić information content (AvgIpc) is 3.01. The van der Waals surface area contributed by atoms with Crippen molar-refractivity contribution in [2.75, 3.05) is 5.73 Å². The Balaban J connectivity index is 2.12. The standard InChI is InChI=1S/C15H18N4S/c1-4-11-8-17-14(20-11)10(3)19-13-7-9(2)5-6-12(13)18-15(19)16/h5-8,10H,4H2,1-3H3,(H2,16,18). The van der Waals surface area contributed by atoms with Crippen molar-refractivity contribution in [1.29, 1.82) is 0 Å². The summed E-state index contributed by atoms with van der Waals surface area (Å²) in [4.78, 5) is 10.3. The molecule has 1 atom stereocenters. The molecule has 5 heteroatoms. The van der Waals surface area contributed by atoms with Crippen LogP contribution in [-0.4, -0.2) is 14.5 Å². The van der Waals surface area contributed by atoms with Crippen molar-refractivity contribution in [3.8, 4) is 0 Å². The summed E-state index contributed by atoms with van der Waals surface area (Å²) < 4.78 is 2.07. The van der Waals surface area contributed by atoms with Crippen molar-refractivity contribution >= 4 is 28.3 Å². The zero-order valence-electron chi connectivity index (χ0n) is 11.9. The van der Waals surface area contributed by atoms with Crippen LogP contribution in [0.5, 0.6) is 0 Å². The summed E-state index contributed by atoms with van der Waals surface area (Å²) in [6.45, 7) is 6.35. The third kappa shape index (κ3) is 2.08. The Hall–Kier alpha value is -1.88. The average molecular weight is 286 g/mol. The van der Waals surface area contributed by atoms with Crippen LogP contribution in [0.15, 0.2) is 24.4 Å². The van der Waals surface area contributed by atoms with Crippen LogP contribution in [-0.2, 0) is 6.42 Å². The first-order valence-corrected chi connectivity index (χ1v) is 7.60. The molecule has 1 aromatic carbocycles. The lowest BCUT2D eigenvalue weighted by Crippen LogP contribution is -2.09. The fourth-order valence-electron chi connectivity index (χ4n) is 2.42. The van der Waals surface area contributed by atoms with Gasteiger partial charge in [-0.15, -0.1) is 11.3 Å². The predicted octanol–water partition coefficient (Wildman–Crippen LogP) is 3.56. The van der Waals surface area contributed by atoms with E-state index in [1.165, 1.54) is 10.4 Å². The van der Waals surface area contributed by atoms with Gasteiger partial charge in [-0.05, 0) is 38.0 Å². The van der Waals surface area contributed by atoms with Crippen molar-refractivity contribution in [2.45, 2.75) is 33.2 Å². The molecule has 2 aromatic heterocycles. The summed E-state index contributed by atoms with van der Waals surface area (Å²) in [6.07, 6.45) is 2.97. The number of fused-ring (bicyclic) bond motifs is 1. The molecule has 0 radical (unpaired) electrons. The van der Waals surface area contributed by atoms with E-state index in [9.17, 15) is 0 Å². The number of nitrogens with two attached hydrogens (primary N) is 1. The minimum Gasteiger partial charge on any atom is -0.369 e. The van der Waals surface area contributed by atoms with Gasteiger partial charge >= 0.3 is 0 Å². The topological polar surface area (TPSA) is 56.7 Å². The molecule has 0 fully saturated rings. The molecule has 0 aliphatic heterocycles. The highest BCUT2D eigenvalue weighted by molar-refractivity contribution is 7.11. The van der Waals surface area contributed by atoms with Crippen LogP contribution in [0.2, 0.25) is 0 Å². The summed E-state index contributed by atoms with van der Waals surface area (Å²) >= 11 is 1.75. The van der Waals surface area contributed by atoms with E-state index in [4.69, 9.17) is 5.73 Å². The molecular weight excluding hydrogens is 268 g/mol. The van der Waals surface area contributed by atoms with Gasteiger partial charge in [0.05, 0.1) is 17.1 Å². The largest absolute Gasteiger partial charge is 0.369 e. The molecule has 0 amide bonds. The second-order valence-electron chi connectivity index (χ2n) is 5.03. The van der Waals surface area contributed by atoms with Crippen LogP contribution in [0.3, 0.4) is 0 Å². The zero-order chi connectivity index (χ0) is 14.3. The van der Waals surface area contributed by atoms with Gasteiger partial charge in [0.2, 0.25) is 5.95 Å². The van der Waals surface area contributed by atoms with Gasteiger partial charge in [-0.25, -0.2) is 9.97 Å². The summed E-state index contributed by atoms with van der Waals surface area (Å²) in [5, 5.41) is 1.08. The molecule has 20 heavy (non-hydrogen) atoms. The van der Waals surface area contributed by atoms with Crippen LogP contribution < -0.4 is 5.73 Å². The third-order valence-corrected chi connectivity index (χ3v) is 4.85. The number of nitrogen functional groups attached to an aromatic ring is 1. The zero-order valence-corrected chi connectivity index (χ0v) is 12.7. The molecule has 104 valence electrons. The number of hydrogen-bond donors (Lipinski definition) is 1. The van der Waals surface area contributed by atoms with Gasteiger partial charge in [0.15, 0.2) is 0 Å². The van der Waals surface area contributed by atoms with Crippen molar-refractivity contribution in [1.82, 2.24) is 14.5 Å². The lowest BCUT2D eigenvalue weighted by Gasteiger charge is -2.13. The summed E-state index contributed by atoms with van der Waals surface area (Å²) in [5.41, 5.74) is 9.33. The first-order valence-electron chi connectivity index (χ1n) is 6.78. The minimum atomic E-state index is 0.104. The van der Waals surface area contributed by atoms with Crippen LogP contribution >= 0.6 is 11.3 Å². The molecule has 0 bridgehead atoms. The highest BCUT2D eigenvalue weighted by atomic mass is 32.1. The van der Waals surface area contributed by atoms with E-state index < -0.39 is 0 Å². The van der Waals surface area contributed by atoms with E-state index in [-0.39, 0.29) is 6.04 Å². The van der Waals surface area contributed by atoms with Crippen molar-refractivity contribution in [3.63, 3.8) is 0 Å². The lowest BCUT2D eigenvalue weighted by atomic mass is 10.2. The quantitative estimate of drug-likeness (QED) is 0.801. The number of aryl methyl sites for hydroxylation is 2. The van der Waals surface area contributed by atoms with Gasteiger partial charge in [-0.1, -0.05) is 13.0 Å². The van der Waals surface area contributed by atoms with Crippen LogP contribution in [0.4, 0.5) is 5.95 Å². The van der Waals surface area contributed by atoms with Crippen molar-refractivity contribution < 1.29 is 0 Å². The highest BCUT2D eigenvalue weighted by Crippen LogP contribution is 2.30. The number of hydrogen-bond acceptors (Lipinski definition) is 4. The first-order chi connectivity index (χ1) is 9.60. The van der Waals surface area contributed by atoms with Crippen molar-refractivity contribution in [2.24, 2.45) is 0 Å². The third-order valence-electron chi connectivity index (χ3n) is 3.54. The molecule has 3 aromatic rings. The molecule has 2 heterocycles. The molecule has 2 N–H and O–H groups in total. The lowest BCUT2D eigenvalue weighted by molar-refractivity contribution is 0.662. The fourth-order valence-corrected chi connectivity index (χ4v) is 3.32. The SMILES string of the molecule is CCc1cnc(C(C)n2c(N)nc3ccc(C)cc32)s1. The Morgan fingerprint density at radius 3 is 2.90 bits per heavy atom. The van der Waals surface area contributed by atoms with Crippen LogP contribution in [0, 0.1) is 6.92 Å². The normalized spacial score (nSPS) is 12.9. The molecule has 0 aliphatic rings. The Labute approximate surface area is 122 Å². The number of aromatic nitrogens is 3. The molecule has 0 aliphatic carbocycles. The number of rotatable bonds is 3. The number of thiazole rings is 1. The Morgan fingerprint density at radius 2 is 2.20 bits per heavy atom. The minimum absolute atomic E-state index is 0.104. The second kappa shape index (κ2) is 4.90. The number of nitrogens with zero attached hydrogens (tertiary/aromatic N) is 3. The van der Waals surface area contributed by atoms with E-state index in [2.05, 4.69) is 47.4 Å². The first kappa shape index (κ1) is 13.1. The van der Waals surface area contributed by atoms with Gasteiger partial charge in [0.1, 0.15) is 5.01 Å². The van der Waals surface area contributed by atoms with E-state index >= 15 is 0 Å². The Kier molecular flexibility index (Phi) is 3.22. The molecule has 0 saturated carbocycles. The van der Waals surface area contributed by atoms with Gasteiger partial charge in [0, 0.05) is 11.1 Å². The molecule has 0 spiro atoms. The van der Waals surface area contributed by atoms with Gasteiger partial charge in [-0.3, -0.25) is 0 Å². The summed E-state index contributed by atoms with van der Waals surface area (Å²) in [6, 6.07) is 6.31. The van der Waals surface area contributed by atoms with Crippen LogP contribution in [0.25, 0.3) is 11.0 Å². The van der Waals surface area contributed by atoms with E-state index in [1.807, 2.05) is 12.3 Å². The maximum absolute atomic E-state index is 6.11. The number of imidazole rings is 1. The Morgan fingerprint density at radius 1 is 1.40 bits per heavy atom. The monoisotopic (exact) mass is 286 g/mol. The van der Waals surface area contributed by atoms with Gasteiger partial charge in [-0.2, -0.15) is 0 Å². The highest BCUT2D eigenvalue weighted by Gasteiger charge is 2.18. The predicted molar refractivity (Wildman–Crippen MR) is 84.2 cm³/mol. The summed E-state index contributed by atoms with van der Waals surface area (Å²) in [5.74, 6) is 0.548. The maximum Gasteiger partial charge on any atom is 0.201 e. The number of anilines is 1. The second-order valence-corrected chi connectivity index (χ2v) is 6.17. The number of benzene rings is 1. The fraction of sp³-hybridized carbons (Fsp3) is 0.333. The molecule has 1 unspecified atom stereocenters. The summed E-state index contributed by atoms with van der Waals surface area (Å²) in [7, 11) is 0. The van der Waals surface area contributed by atoms with Gasteiger partial charge < -0.3 is 10.3 Å². The Bertz CT molecular complexity index is 756. The smallest absolute Gasteiger partial charge is 0.201 e. The molecule has 3 rings (SSSR count). The molecule has 4 nitrogen and oxygen atoms in total. The van der Waals surface area contributed by atoms with Crippen LogP contribution in [0.1, 0.15) is 35.3 Å². The maximum atomic E-state index is 6.11. The van der Waals surface area contributed by atoms with E-state index in [0.29, 0.717) is 5.95 Å². The van der Waals surface area contributed by atoms with Gasteiger partial charge in [0.25, 0.3) is 0 Å². The molecule has 0 saturated heterocycles. The van der Waals surface area contributed by atoms with E-state index in [1.54, 1.807) is 11.3 Å². The molecular formula is C15H18N4S. The van der Waals surface area contributed by atoms with Crippen molar-refractivity contribution in [3.05, 3.63) is 39.8 Å². The van der Waals surface area contributed by atoms with E-state index in [0.717, 1.165) is 22.5 Å².